The number of aliphatic carboxylic acids is 1. The quantitative estimate of drug-likeness (QED) is 0.0868. The first-order valence-corrected chi connectivity index (χ1v) is 16.4. The maximum atomic E-state index is 13.9. The van der Waals surface area contributed by atoms with Gasteiger partial charge in [-0.3, -0.25) is 28.9 Å². The number of oxime groups is 1. The van der Waals surface area contributed by atoms with Crippen molar-refractivity contribution in [1.82, 2.24) is 14.9 Å². The van der Waals surface area contributed by atoms with Crippen LogP contribution in [0.25, 0.3) is 0 Å². The number of ketones is 1. The third-order valence-electron chi connectivity index (χ3n) is 8.66. The number of carboxylic acids is 1. The number of carboxylic acid groups (broad SMARTS) is 1. The topological polar surface area (TPSA) is 275 Å². The average molecular weight is 730 g/mol. The van der Waals surface area contributed by atoms with E-state index in [4.69, 9.17) is 24.9 Å². The predicted octanol–water partition coefficient (Wildman–Crippen LogP) is 0.863. The van der Waals surface area contributed by atoms with E-state index in [0.717, 1.165) is 23.5 Å². The van der Waals surface area contributed by atoms with Crippen molar-refractivity contribution in [2.45, 2.75) is 75.8 Å². The van der Waals surface area contributed by atoms with Gasteiger partial charge in [0.1, 0.15) is 17.3 Å². The first kappa shape index (κ1) is 35.2. The molecule has 3 atom stereocenters. The number of ether oxygens (including phenoxy) is 2. The Balaban J connectivity index is 1.28. The number of anilines is 1. The van der Waals surface area contributed by atoms with Crippen LogP contribution in [0.1, 0.15) is 79.3 Å². The summed E-state index contributed by atoms with van der Waals surface area (Å²) in [5.74, 6) is -10.5. The fourth-order valence-electron chi connectivity index (χ4n) is 5.90. The minimum Gasteiger partial charge on any atom is -0.504 e. The van der Waals surface area contributed by atoms with E-state index in [-0.39, 0.29) is 34.8 Å². The number of fused-ring (bicyclic) bond motifs is 1. The summed E-state index contributed by atoms with van der Waals surface area (Å²) < 4.78 is 11.0. The summed E-state index contributed by atoms with van der Waals surface area (Å²) >= 11 is 0.971. The number of aromatic hydroxyl groups is 2. The fourth-order valence-corrected chi connectivity index (χ4v) is 6.45. The normalized spacial score (nSPS) is 24.3. The smallest absolute Gasteiger partial charge is 0.375 e. The van der Waals surface area contributed by atoms with Gasteiger partial charge >= 0.3 is 23.6 Å². The van der Waals surface area contributed by atoms with Gasteiger partial charge in [-0.15, -0.1) is 11.3 Å². The lowest BCUT2D eigenvalue weighted by molar-refractivity contribution is -0.263. The molecule has 270 valence electrons. The van der Waals surface area contributed by atoms with Crippen molar-refractivity contribution in [2.75, 3.05) is 12.3 Å². The van der Waals surface area contributed by atoms with E-state index in [1.54, 1.807) is 0 Å². The minimum absolute atomic E-state index is 0.0362. The number of nitrogen functional groups attached to an aromatic ring is 1. The molecule has 2 aromatic rings. The molecule has 0 radical (unpaired) electrons. The highest BCUT2D eigenvalue weighted by Crippen LogP contribution is 2.43. The zero-order chi connectivity index (χ0) is 37.2. The van der Waals surface area contributed by atoms with E-state index in [9.17, 15) is 48.9 Å². The second-order valence-corrected chi connectivity index (χ2v) is 14.2. The molecule has 20 heteroatoms. The van der Waals surface area contributed by atoms with Crippen LogP contribution >= 0.6 is 11.3 Å². The predicted molar refractivity (Wildman–Crippen MR) is 168 cm³/mol. The van der Waals surface area contributed by atoms with Gasteiger partial charge in [0.2, 0.25) is 5.60 Å². The van der Waals surface area contributed by atoms with E-state index < -0.39 is 107 Å². The lowest BCUT2D eigenvalue weighted by Crippen LogP contribution is -2.57. The zero-order valence-corrected chi connectivity index (χ0v) is 28.1. The number of nitrogens with two attached hydrogens (primary N) is 1. The van der Waals surface area contributed by atoms with Crippen LogP contribution in [0.15, 0.2) is 22.7 Å². The number of imide groups is 1. The third-order valence-corrected chi connectivity index (χ3v) is 9.33. The van der Waals surface area contributed by atoms with Crippen molar-refractivity contribution in [2.24, 2.45) is 11.1 Å². The van der Waals surface area contributed by atoms with Crippen LogP contribution in [0.2, 0.25) is 0 Å². The zero-order valence-electron chi connectivity index (χ0n) is 27.2. The number of carbonyl (C=O) groups is 7. The number of hydrogen-bond acceptors (Lipinski definition) is 17. The van der Waals surface area contributed by atoms with E-state index in [0.29, 0.717) is 16.4 Å². The van der Waals surface area contributed by atoms with Gasteiger partial charge in [-0.2, -0.15) is 5.06 Å². The summed E-state index contributed by atoms with van der Waals surface area (Å²) in [6.07, 6.45) is -0.610. The minimum atomic E-state index is -2.68. The van der Waals surface area contributed by atoms with Gasteiger partial charge in [0, 0.05) is 24.6 Å². The second kappa shape index (κ2) is 12.3. The van der Waals surface area contributed by atoms with E-state index in [1.807, 2.05) is 0 Å². The number of phenolic OH excluding ortho intramolecular Hbond substituents is 2. The fraction of sp³-hybridized carbons (Fsp3) is 0.452. The third kappa shape index (κ3) is 5.98. The Labute approximate surface area is 291 Å². The van der Waals surface area contributed by atoms with Gasteiger partial charge in [0.05, 0.1) is 30.1 Å². The number of cyclic esters (lactones) is 1. The molecule has 6 rings (SSSR count). The monoisotopic (exact) mass is 729 g/mol. The number of hydroxylamine groups is 2. The summed E-state index contributed by atoms with van der Waals surface area (Å²) in [7, 11) is 0. The number of amides is 3. The molecule has 2 saturated heterocycles. The van der Waals surface area contributed by atoms with Crippen LogP contribution < -0.4 is 5.73 Å². The molecule has 19 nitrogen and oxygen atoms in total. The first-order valence-electron chi connectivity index (χ1n) is 15.5. The Hall–Kier alpha value is -5.63. The number of nitrogens with zero attached hydrogens (tertiary/aromatic N) is 4. The molecule has 1 aromatic carbocycles. The number of aromatic nitrogens is 1. The van der Waals surface area contributed by atoms with Gasteiger partial charge < -0.3 is 35.4 Å². The Bertz CT molecular complexity index is 1890. The molecule has 3 amide bonds. The molecule has 3 aliphatic heterocycles. The van der Waals surface area contributed by atoms with E-state index in [1.165, 1.54) is 26.2 Å². The van der Waals surface area contributed by atoms with Gasteiger partial charge in [-0.05, 0) is 39.3 Å². The molecule has 1 aromatic heterocycles. The summed E-state index contributed by atoms with van der Waals surface area (Å²) in [6.45, 7) is 3.97. The number of rotatable bonds is 10. The summed E-state index contributed by atoms with van der Waals surface area (Å²) in [4.78, 5) is 109. The van der Waals surface area contributed by atoms with Crippen LogP contribution in [0, 0.1) is 5.92 Å². The molecule has 0 spiro atoms. The number of esters is 2. The van der Waals surface area contributed by atoms with Crippen molar-refractivity contribution in [3.8, 4) is 11.5 Å². The molecule has 3 fully saturated rings. The van der Waals surface area contributed by atoms with Crippen LogP contribution in [-0.2, 0) is 43.1 Å². The molecule has 5 N–H and O–H groups in total. The highest BCUT2D eigenvalue weighted by molar-refractivity contribution is 7.13. The molecule has 51 heavy (non-hydrogen) atoms. The first-order chi connectivity index (χ1) is 23.9. The number of thiazole rings is 1. The molecule has 1 unspecified atom stereocenters. The summed E-state index contributed by atoms with van der Waals surface area (Å²) in [5, 5.41) is 35.2. The number of benzene rings is 1. The lowest BCUT2D eigenvalue weighted by Gasteiger charge is -2.35. The second-order valence-electron chi connectivity index (χ2n) is 13.3. The molecule has 4 aliphatic rings. The average Bonchev–Trinajstić information content (AvgIpc) is 3.75. The Morgan fingerprint density at radius 3 is 2.24 bits per heavy atom. The molecular weight excluding hydrogens is 698 g/mol. The van der Waals surface area contributed by atoms with Gasteiger partial charge in [-0.1, -0.05) is 5.16 Å². The molecule has 4 heterocycles. The standard InChI is InChI=1S/C31H31N5O14S/c1-29(2,3)49-27(46)31(10-17(25(43)48-31)35-23(41)14-8-18(37)19(38)9-15(14)24(35)42)36-22(40)13(11-47-36)7-20(39)21(16-12-51-28(32)33-16)34-50-30(26(44)45)5-4-6-30/h8-9,12-13,17,37-38H,4-7,10-11H2,1-3H3,(H2,32,33)(H,44,45)/b34-21-/t13-,17-,31?/m0/s1. The molecular formula is C31H31N5O14S. The van der Waals surface area contributed by atoms with Crippen LogP contribution in [-0.4, -0.2) is 107 Å². The Morgan fingerprint density at radius 2 is 1.73 bits per heavy atom. The lowest BCUT2D eigenvalue weighted by atomic mass is 9.80. The van der Waals surface area contributed by atoms with Crippen LogP contribution in [0.3, 0.4) is 0 Å². The molecule has 1 saturated carbocycles. The highest BCUT2D eigenvalue weighted by Gasteiger charge is 2.66. The number of carbonyl (C=O) groups excluding carboxylic acids is 6. The van der Waals surface area contributed by atoms with Crippen molar-refractivity contribution in [3.63, 3.8) is 0 Å². The molecule has 0 bridgehead atoms. The number of hydrogen-bond donors (Lipinski definition) is 4. The van der Waals surface area contributed by atoms with Crippen LogP contribution in [0.4, 0.5) is 5.13 Å². The highest BCUT2D eigenvalue weighted by atomic mass is 32.1. The van der Waals surface area contributed by atoms with Crippen molar-refractivity contribution < 1.29 is 68.0 Å². The number of Topliss-reactive ketones (excluding diaryl/α,β-unsaturated/α-hetero) is 1. The molecule has 1 aliphatic carbocycles. The van der Waals surface area contributed by atoms with Crippen molar-refractivity contribution in [3.05, 3.63) is 34.3 Å². The van der Waals surface area contributed by atoms with Crippen molar-refractivity contribution in [1.29, 1.82) is 0 Å². The maximum Gasteiger partial charge on any atom is 0.375 e. The SMILES string of the molecule is CC(C)(C)OC(=O)C1(N2OC[C@H](CC(=O)/C(=N\OC3(C(=O)O)CCC3)c3csc(N)n3)C2=O)C[C@H](N2C(=O)c3cc(O)c(O)cc3C2=O)C(=O)O1. The Kier molecular flexibility index (Phi) is 8.49. The number of phenols is 2. The van der Waals surface area contributed by atoms with E-state index in [2.05, 4.69) is 10.1 Å². The maximum absolute atomic E-state index is 13.9. The van der Waals surface area contributed by atoms with Crippen molar-refractivity contribution >= 4 is 63.6 Å². The van der Waals surface area contributed by atoms with Gasteiger partial charge in [0.25, 0.3) is 17.7 Å². The summed E-state index contributed by atoms with van der Waals surface area (Å²) in [5.41, 5.74) is -0.899. The van der Waals surface area contributed by atoms with Gasteiger partial charge in [-0.25, -0.2) is 19.4 Å². The van der Waals surface area contributed by atoms with Gasteiger partial charge in [0.15, 0.2) is 28.1 Å². The summed E-state index contributed by atoms with van der Waals surface area (Å²) in [6, 6.07) is -0.112. The Morgan fingerprint density at radius 1 is 1.10 bits per heavy atom. The van der Waals surface area contributed by atoms with Crippen LogP contribution in [0.5, 0.6) is 11.5 Å². The van der Waals surface area contributed by atoms with E-state index >= 15 is 0 Å². The largest absolute Gasteiger partial charge is 0.504 e.